The molecule has 2 amide bonds. The zero-order valence-corrected chi connectivity index (χ0v) is 27.9. The van der Waals surface area contributed by atoms with Crippen molar-refractivity contribution in [1.82, 2.24) is 10.2 Å². The number of nitrogens with zero attached hydrogens (tertiary/aromatic N) is 2. The maximum absolute atomic E-state index is 14.1. The Balaban J connectivity index is 0.00000462. The van der Waals surface area contributed by atoms with Crippen molar-refractivity contribution in [2.75, 3.05) is 6.54 Å². The van der Waals surface area contributed by atoms with Crippen LogP contribution in [0.1, 0.15) is 93.7 Å². The van der Waals surface area contributed by atoms with E-state index in [1.165, 1.54) is 0 Å². The van der Waals surface area contributed by atoms with Gasteiger partial charge >= 0.3 is 29.6 Å². The largest absolute Gasteiger partial charge is 1.00 e. The van der Waals surface area contributed by atoms with Gasteiger partial charge in [0, 0.05) is 40.1 Å². The fourth-order valence-corrected chi connectivity index (χ4v) is 6.50. The second-order valence-corrected chi connectivity index (χ2v) is 12.4. The molecule has 2 aromatic carbocycles. The normalized spacial score (nSPS) is 21.3. The molecule has 1 saturated carbocycles. The first-order chi connectivity index (χ1) is 18.9. The Hall–Kier alpha value is -1.90. The van der Waals surface area contributed by atoms with Gasteiger partial charge in [-0.2, -0.15) is 0 Å². The van der Waals surface area contributed by atoms with Gasteiger partial charge in [-0.3, -0.25) is 14.6 Å². The van der Waals surface area contributed by atoms with Crippen LogP contribution in [0.15, 0.2) is 47.5 Å². The molecule has 0 bridgehead atoms. The molecule has 4 rings (SSSR count). The number of carboxylic acid groups (broad SMARTS) is 1. The van der Waals surface area contributed by atoms with Gasteiger partial charge in [0.15, 0.2) is 0 Å². The molecule has 1 atom stereocenters. The first-order valence-electron chi connectivity index (χ1n) is 13.8. The van der Waals surface area contributed by atoms with Crippen LogP contribution in [0, 0.1) is 11.3 Å². The maximum atomic E-state index is 14.1. The second-order valence-electron chi connectivity index (χ2n) is 11.6. The van der Waals surface area contributed by atoms with Crippen molar-refractivity contribution < 1.29 is 49.0 Å². The van der Waals surface area contributed by atoms with Crippen LogP contribution in [-0.2, 0) is 9.59 Å². The van der Waals surface area contributed by atoms with E-state index >= 15 is 0 Å². The summed E-state index contributed by atoms with van der Waals surface area (Å²) in [5.41, 5.74) is 1.79. The average molecular weight is 609 g/mol. The van der Waals surface area contributed by atoms with Crippen molar-refractivity contribution in [1.29, 1.82) is 0 Å². The van der Waals surface area contributed by atoms with E-state index in [9.17, 15) is 19.5 Å². The summed E-state index contributed by atoms with van der Waals surface area (Å²) in [4.78, 5) is 44.2. The van der Waals surface area contributed by atoms with Crippen LogP contribution < -0.4 is 40.0 Å². The van der Waals surface area contributed by atoms with Gasteiger partial charge in [-0.1, -0.05) is 62.5 Å². The number of rotatable bonds is 9. The molecule has 10 heteroatoms. The number of amides is 2. The third-order valence-corrected chi connectivity index (χ3v) is 9.22. The number of halogens is 2. The van der Waals surface area contributed by atoms with Crippen molar-refractivity contribution in [3.05, 3.63) is 69.2 Å². The monoisotopic (exact) mass is 607 g/mol. The van der Waals surface area contributed by atoms with Gasteiger partial charge in [-0.25, -0.2) is 0 Å². The molecule has 0 unspecified atom stereocenters. The fourth-order valence-electron chi connectivity index (χ4n) is 5.97. The van der Waals surface area contributed by atoms with Gasteiger partial charge < -0.3 is 20.1 Å². The summed E-state index contributed by atoms with van der Waals surface area (Å²) in [5.74, 6) is -1.20. The molecule has 7 nitrogen and oxygen atoms in total. The van der Waals surface area contributed by atoms with Crippen molar-refractivity contribution >= 4 is 46.7 Å². The molecule has 2 aromatic rings. The number of carboxylic acids is 1. The number of carbonyl (C=O) groups excluding carboxylic acids is 3. The molecule has 1 fully saturated rings. The number of carbonyl (C=O) groups is 3. The second kappa shape index (κ2) is 13.6. The molecular formula is C31H36Cl2N3NaO4. The van der Waals surface area contributed by atoms with E-state index in [2.05, 4.69) is 26.1 Å². The van der Waals surface area contributed by atoms with Crippen molar-refractivity contribution in [2.45, 2.75) is 77.9 Å². The van der Waals surface area contributed by atoms with Gasteiger partial charge in [0.25, 0.3) is 11.8 Å². The minimum Gasteiger partial charge on any atom is -0.550 e. The predicted molar refractivity (Wildman–Crippen MR) is 155 cm³/mol. The Morgan fingerprint density at radius 1 is 1.12 bits per heavy atom. The number of aliphatic imine (C=N–C) groups is 1. The number of nitrogens with one attached hydrogen (secondary N) is 1. The Kier molecular flexibility index (Phi) is 11.1. The van der Waals surface area contributed by atoms with E-state index in [0.29, 0.717) is 32.8 Å². The van der Waals surface area contributed by atoms with Crippen LogP contribution in [0.4, 0.5) is 0 Å². The zero-order chi connectivity index (χ0) is 29.2. The molecule has 41 heavy (non-hydrogen) atoms. The standard InChI is InChI=1S/C31H37Cl2N3O4.Na/c1-5-30(3,4)23-10-13-31(14-11-23)35-27(22-16-24(32)18-25(33)17-22)29(40)36(31)19(2)20-6-8-21(9-7-20)28(39)34-15-12-26(37)38;/h6-9,16-19,23H,5,10-15H2,1-4H3,(H,34,39)(H,37,38);/q;+1/p-1/t19-,23?,31?;/m1./s1. The van der Waals surface area contributed by atoms with E-state index in [1.807, 2.05) is 24.0 Å². The van der Waals surface area contributed by atoms with E-state index in [1.54, 1.807) is 30.3 Å². The molecule has 0 saturated heterocycles. The summed E-state index contributed by atoms with van der Waals surface area (Å²) in [6.07, 6.45) is 4.29. The van der Waals surface area contributed by atoms with Gasteiger partial charge in [0.2, 0.25) is 0 Å². The molecule has 1 heterocycles. The molecule has 0 radical (unpaired) electrons. The first-order valence-corrected chi connectivity index (χ1v) is 14.6. The summed E-state index contributed by atoms with van der Waals surface area (Å²) in [5, 5.41) is 14.1. The molecule has 1 spiro atoms. The topological polar surface area (TPSA) is 102 Å². The predicted octanol–water partition coefficient (Wildman–Crippen LogP) is 2.58. The third kappa shape index (κ3) is 7.37. The Labute approximate surface area is 274 Å². The van der Waals surface area contributed by atoms with Crippen LogP contribution in [0.2, 0.25) is 10.0 Å². The van der Waals surface area contributed by atoms with Crippen molar-refractivity contribution in [3.63, 3.8) is 0 Å². The number of hydrogen-bond acceptors (Lipinski definition) is 5. The fraction of sp³-hybridized carbons (Fsp3) is 0.484. The van der Waals surface area contributed by atoms with E-state index in [4.69, 9.17) is 28.2 Å². The summed E-state index contributed by atoms with van der Waals surface area (Å²) in [6.45, 7) is 8.83. The average Bonchev–Trinajstić information content (AvgIpc) is 3.19. The number of hydrogen-bond donors (Lipinski definition) is 1. The summed E-state index contributed by atoms with van der Waals surface area (Å²) >= 11 is 12.6. The number of aliphatic carboxylic acids is 1. The van der Waals surface area contributed by atoms with Crippen LogP contribution >= 0.6 is 23.2 Å². The Morgan fingerprint density at radius 3 is 2.24 bits per heavy atom. The zero-order valence-electron chi connectivity index (χ0n) is 24.4. The minimum absolute atomic E-state index is 0. The molecule has 2 aliphatic rings. The van der Waals surface area contributed by atoms with Gasteiger partial charge in [0.05, 0.1) is 6.04 Å². The van der Waals surface area contributed by atoms with Gasteiger partial charge in [0.1, 0.15) is 11.4 Å². The Morgan fingerprint density at radius 2 is 1.71 bits per heavy atom. The molecule has 1 aliphatic heterocycles. The van der Waals surface area contributed by atoms with E-state index < -0.39 is 11.6 Å². The molecule has 1 aliphatic carbocycles. The maximum Gasteiger partial charge on any atom is 1.00 e. The number of benzene rings is 2. The van der Waals surface area contributed by atoms with Crippen LogP contribution in [0.25, 0.3) is 0 Å². The quantitative estimate of drug-likeness (QED) is 0.443. The van der Waals surface area contributed by atoms with Crippen LogP contribution in [0.3, 0.4) is 0 Å². The smallest absolute Gasteiger partial charge is 0.550 e. The van der Waals surface area contributed by atoms with Gasteiger partial charge in [-0.15, -0.1) is 0 Å². The molecule has 214 valence electrons. The van der Waals surface area contributed by atoms with Crippen molar-refractivity contribution in [2.24, 2.45) is 16.3 Å². The summed E-state index contributed by atoms with van der Waals surface area (Å²) in [6, 6.07) is 11.8. The minimum atomic E-state index is -1.22. The molecule has 0 aromatic heterocycles. The molecule has 1 N–H and O–H groups in total. The summed E-state index contributed by atoms with van der Waals surface area (Å²) < 4.78 is 0. The van der Waals surface area contributed by atoms with Crippen LogP contribution in [0.5, 0.6) is 0 Å². The Bertz CT molecular complexity index is 1300. The van der Waals surface area contributed by atoms with E-state index in [-0.39, 0.29) is 65.8 Å². The first kappa shape index (κ1) is 33.6. The third-order valence-electron chi connectivity index (χ3n) is 8.79. The van der Waals surface area contributed by atoms with E-state index in [0.717, 1.165) is 37.7 Å². The SMILES string of the molecule is CCC(C)(C)C1CCC2(CC1)N=C(c1cc(Cl)cc(Cl)c1)C(=O)N2[C@H](C)c1ccc(C(=O)NCCC(=O)[O-])cc1.[Na+]. The van der Waals surface area contributed by atoms with Crippen LogP contribution in [-0.4, -0.2) is 40.6 Å². The summed E-state index contributed by atoms with van der Waals surface area (Å²) in [7, 11) is 0. The van der Waals surface area contributed by atoms with Gasteiger partial charge in [-0.05, 0) is 79.8 Å². The molecular weight excluding hydrogens is 572 g/mol. The van der Waals surface area contributed by atoms with Crippen molar-refractivity contribution in [3.8, 4) is 0 Å².